The number of carbonyl (C=O) groups excluding carboxylic acids is 2. The molecule has 5 rings (SSSR count). The molecule has 3 aliphatic rings. The topological polar surface area (TPSA) is 77.1 Å². The Morgan fingerprint density at radius 3 is 2.33 bits per heavy atom. The largest absolute Gasteiger partial charge is 0.497 e. The molecule has 3 heterocycles. The maximum Gasteiger partial charge on any atom is 0.234 e. The van der Waals surface area contributed by atoms with Gasteiger partial charge in [0.2, 0.25) is 11.8 Å². The summed E-state index contributed by atoms with van der Waals surface area (Å²) in [4.78, 5) is 28.2. The van der Waals surface area contributed by atoms with E-state index < -0.39 is 23.5 Å². The summed E-state index contributed by atoms with van der Waals surface area (Å²) < 4.78 is 16.5. The molecule has 2 bridgehead atoms. The molecule has 154 valence electrons. The minimum Gasteiger partial charge on any atom is -0.497 e. The second kappa shape index (κ2) is 6.88. The van der Waals surface area contributed by atoms with Crippen LogP contribution in [0.5, 0.6) is 11.5 Å². The fourth-order valence-corrected chi connectivity index (χ4v) is 4.68. The van der Waals surface area contributed by atoms with Gasteiger partial charge in [-0.05, 0) is 48.5 Å². The summed E-state index contributed by atoms with van der Waals surface area (Å²) in [5.41, 5.74) is 0.655. The van der Waals surface area contributed by atoms with Crippen LogP contribution >= 0.6 is 0 Å². The molecular formula is C23H22N2O5. The average Bonchev–Trinajstić information content (AvgIpc) is 3.42. The van der Waals surface area contributed by atoms with Crippen molar-refractivity contribution >= 4 is 23.2 Å². The molecule has 1 spiro atoms. The Morgan fingerprint density at radius 1 is 1.07 bits per heavy atom. The van der Waals surface area contributed by atoms with Gasteiger partial charge in [0, 0.05) is 11.4 Å². The number of ether oxygens (including phenoxy) is 3. The lowest BCUT2D eigenvalue weighted by Crippen LogP contribution is -2.41. The molecule has 0 aliphatic carbocycles. The molecule has 2 unspecified atom stereocenters. The fraction of sp³-hybridized carbons (Fsp3) is 0.304. The summed E-state index contributed by atoms with van der Waals surface area (Å²) in [5.74, 6) is -0.00857. The standard InChI is InChI=1S/C23H22N2O5/c1-28-16-7-3-14(4-8-16)24-21(26)19-18-11-12-23(30-18)13-25(22(27)20(19)23)15-5-9-17(29-2)10-6-15/h3-12,18-20H,13H2,1-2H3,(H,24,26)/t18-,19?,20?,23-/m1/s1. The molecular weight excluding hydrogens is 384 g/mol. The van der Waals surface area contributed by atoms with Gasteiger partial charge in [0.05, 0.1) is 38.7 Å². The SMILES string of the molecule is COc1ccc(NC(=O)C2C3C(=O)N(c4ccc(OC)cc4)C[C@]34C=C[C@H]2O4)cc1. The molecule has 3 aliphatic heterocycles. The van der Waals surface area contributed by atoms with Crippen LogP contribution < -0.4 is 19.7 Å². The highest BCUT2D eigenvalue weighted by Gasteiger charge is 2.67. The third-order valence-corrected chi connectivity index (χ3v) is 6.14. The Bertz CT molecular complexity index is 1020. The summed E-state index contributed by atoms with van der Waals surface area (Å²) in [7, 11) is 3.19. The zero-order valence-electron chi connectivity index (χ0n) is 16.7. The number of amides is 2. The zero-order valence-corrected chi connectivity index (χ0v) is 16.7. The number of fused-ring (bicyclic) bond motifs is 1. The maximum atomic E-state index is 13.4. The van der Waals surface area contributed by atoms with E-state index in [4.69, 9.17) is 14.2 Å². The number of anilines is 2. The number of nitrogens with zero attached hydrogens (tertiary/aromatic N) is 1. The predicted molar refractivity (Wildman–Crippen MR) is 111 cm³/mol. The van der Waals surface area contributed by atoms with Crippen LogP contribution in [-0.4, -0.2) is 44.3 Å². The monoisotopic (exact) mass is 406 g/mol. The first-order chi connectivity index (χ1) is 14.5. The summed E-state index contributed by atoms with van der Waals surface area (Å²) in [5, 5.41) is 2.92. The third-order valence-electron chi connectivity index (χ3n) is 6.14. The number of hydrogen-bond acceptors (Lipinski definition) is 5. The van der Waals surface area contributed by atoms with Gasteiger partial charge in [0.1, 0.15) is 17.1 Å². The van der Waals surface area contributed by atoms with E-state index in [0.29, 0.717) is 18.0 Å². The lowest BCUT2D eigenvalue weighted by molar-refractivity contribution is -0.128. The van der Waals surface area contributed by atoms with Gasteiger partial charge >= 0.3 is 0 Å². The van der Waals surface area contributed by atoms with E-state index in [-0.39, 0.29) is 11.8 Å². The second-order valence-electron chi connectivity index (χ2n) is 7.74. The van der Waals surface area contributed by atoms with Crippen molar-refractivity contribution in [2.24, 2.45) is 11.8 Å². The highest BCUT2D eigenvalue weighted by Crippen LogP contribution is 2.52. The second-order valence-corrected chi connectivity index (χ2v) is 7.74. The van der Waals surface area contributed by atoms with Gasteiger partial charge in [-0.3, -0.25) is 9.59 Å². The number of benzene rings is 2. The summed E-state index contributed by atoms with van der Waals surface area (Å²) in [6, 6.07) is 14.4. The van der Waals surface area contributed by atoms with Crippen LogP contribution in [0.2, 0.25) is 0 Å². The number of carbonyl (C=O) groups is 2. The van der Waals surface area contributed by atoms with Crippen molar-refractivity contribution in [3.05, 3.63) is 60.7 Å². The summed E-state index contributed by atoms with van der Waals surface area (Å²) in [6.07, 6.45) is 3.45. The molecule has 0 aromatic heterocycles. The fourth-order valence-electron chi connectivity index (χ4n) is 4.68. The minimum atomic E-state index is -0.760. The van der Waals surface area contributed by atoms with Crippen molar-refractivity contribution in [1.29, 1.82) is 0 Å². The molecule has 7 heteroatoms. The molecule has 0 radical (unpaired) electrons. The lowest BCUT2D eigenvalue weighted by atomic mass is 9.77. The zero-order chi connectivity index (χ0) is 20.9. The van der Waals surface area contributed by atoms with E-state index in [9.17, 15) is 9.59 Å². The van der Waals surface area contributed by atoms with E-state index in [1.807, 2.05) is 36.4 Å². The van der Waals surface area contributed by atoms with Crippen molar-refractivity contribution < 1.29 is 23.8 Å². The van der Waals surface area contributed by atoms with E-state index in [2.05, 4.69) is 5.32 Å². The highest BCUT2D eigenvalue weighted by atomic mass is 16.5. The van der Waals surface area contributed by atoms with Crippen molar-refractivity contribution in [3.8, 4) is 11.5 Å². The van der Waals surface area contributed by atoms with Gasteiger partial charge in [0.25, 0.3) is 0 Å². The van der Waals surface area contributed by atoms with E-state index in [1.165, 1.54) is 0 Å². The van der Waals surface area contributed by atoms with Gasteiger partial charge in [0.15, 0.2) is 0 Å². The van der Waals surface area contributed by atoms with Gasteiger partial charge in [-0.15, -0.1) is 0 Å². The molecule has 2 aromatic rings. The smallest absolute Gasteiger partial charge is 0.234 e. The molecule has 30 heavy (non-hydrogen) atoms. The van der Waals surface area contributed by atoms with Crippen molar-refractivity contribution in [1.82, 2.24) is 0 Å². The van der Waals surface area contributed by atoms with Gasteiger partial charge in [-0.2, -0.15) is 0 Å². The number of methoxy groups -OCH3 is 2. The third kappa shape index (κ3) is 2.77. The van der Waals surface area contributed by atoms with Crippen LogP contribution in [0.25, 0.3) is 0 Å². The molecule has 2 amide bonds. The van der Waals surface area contributed by atoms with E-state index >= 15 is 0 Å². The van der Waals surface area contributed by atoms with Crippen LogP contribution in [0.1, 0.15) is 0 Å². The number of nitrogens with one attached hydrogen (secondary N) is 1. The molecule has 2 fully saturated rings. The van der Waals surface area contributed by atoms with Crippen LogP contribution in [0.3, 0.4) is 0 Å². The Balaban J connectivity index is 1.39. The summed E-state index contributed by atoms with van der Waals surface area (Å²) >= 11 is 0. The van der Waals surface area contributed by atoms with Crippen LogP contribution in [0.4, 0.5) is 11.4 Å². The number of hydrogen-bond donors (Lipinski definition) is 1. The van der Waals surface area contributed by atoms with Gasteiger partial charge in [-0.1, -0.05) is 12.2 Å². The van der Waals surface area contributed by atoms with Crippen LogP contribution in [0, 0.1) is 11.8 Å². The molecule has 7 nitrogen and oxygen atoms in total. The Morgan fingerprint density at radius 2 is 1.70 bits per heavy atom. The normalized spacial score (nSPS) is 28.5. The molecule has 4 atom stereocenters. The molecule has 0 saturated carbocycles. The molecule has 2 aromatic carbocycles. The first-order valence-electron chi connectivity index (χ1n) is 9.82. The van der Waals surface area contributed by atoms with Crippen molar-refractivity contribution in [2.45, 2.75) is 11.7 Å². The molecule has 1 N–H and O–H groups in total. The van der Waals surface area contributed by atoms with Crippen molar-refractivity contribution in [3.63, 3.8) is 0 Å². The lowest BCUT2D eigenvalue weighted by Gasteiger charge is -2.23. The van der Waals surface area contributed by atoms with Crippen molar-refractivity contribution in [2.75, 3.05) is 31.0 Å². The van der Waals surface area contributed by atoms with Gasteiger partial charge in [-0.25, -0.2) is 0 Å². The first kappa shape index (κ1) is 18.7. The van der Waals surface area contributed by atoms with Crippen LogP contribution in [-0.2, 0) is 14.3 Å². The van der Waals surface area contributed by atoms with Gasteiger partial charge < -0.3 is 24.4 Å². The number of rotatable bonds is 5. The van der Waals surface area contributed by atoms with E-state index in [1.54, 1.807) is 43.4 Å². The summed E-state index contributed by atoms with van der Waals surface area (Å²) in [6.45, 7) is 0.391. The first-order valence-corrected chi connectivity index (χ1v) is 9.82. The average molecular weight is 406 g/mol. The Hall–Kier alpha value is -3.32. The Labute approximate surface area is 174 Å². The molecule has 2 saturated heterocycles. The van der Waals surface area contributed by atoms with Crippen LogP contribution in [0.15, 0.2) is 60.7 Å². The van der Waals surface area contributed by atoms with E-state index in [0.717, 1.165) is 11.4 Å². The minimum absolute atomic E-state index is 0.0955. The maximum absolute atomic E-state index is 13.4. The highest BCUT2D eigenvalue weighted by molar-refractivity contribution is 6.05. The Kier molecular flexibility index (Phi) is 4.29. The predicted octanol–water partition coefficient (Wildman–Crippen LogP) is 2.63. The quantitative estimate of drug-likeness (QED) is 0.773.